The monoisotopic (exact) mass is 369 g/mol. The SMILES string of the molecule is COc1ccc(-c2c(F)c(F)c(C#N)c(-c3ccc(OC)cc3)c2F)cc1. The van der Waals surface area contributed by atoms with Crippen molar-refractivity contribution in [1.29, 1.82) is 5.26 Å². The summed E-state index contributed by atoms with van der Waals surface area (Å²) < 4.78 is 54.5. The molecule has 0 aliphatic rings. The number of benzene rings is 3. The van der Waals surface area contributed by atoms with Gasteiger partial charge in [-0.05, 0) is 35.4 Å². The van der Waals surface area contributed by atoms with Crippen molar-refractivity contribution in [2.24, 2.45) is 0 Å². The molecule has 0 bridgehead atoms. The van der Waals surface area contributed by atoms with Gasteiger partial charge in [-0.15, -0.1) is 0 Å². The third-order valence-corrected chi connectivity index (χ3v) is 4.19. The first-order chi connectivity index (χ1) is 13.0. The molecule has 0 N–H and O–H groups in total. The van der Waals surface area contributed by atoms with E-state index in [2.05, 4.69) is 0 Å². The van der Waals surface area contributed by atoms with Gasteiger partial charge in [0.25, 0.3) is 0 Å². The van der Waals surface area contributed by atoms with Crippen molar-refractivity contribution in [1.82, 2.24) is 0 Å². The van der Waals surface area contributed by atoms with Crippen LogP contribution in [0.15, 0.2) is 48.5 Å². The fourth-order valence-electron chi connectivity index (χ4n) is 2.81. The van der Waals surface area contributed by atoms with Crippen LogP contribution in [0.2, 0.25) is 0 Å². The highest BCUT2D eigenvalue weighted by Gasteiger charge is 2.26. The van der Waals surface area contributed by atoms with Crippen molar-refractivity contribution < 1.29 is 22.6 Å². The number of hydrogen-bond acceptors (Lipinski definition) is 3. The summed E-state index contributed by atoms with van der Waals surface area (Å²) in [6.45, 7) is 0. The van der Waals surface area contributed by atoms with Crippen molar-refractivity contribution in [3.8, 4) is 39.8 Å². The Hall–Kier alpha value is -3.46. The highest BCUT2D eigenvalue weighted by Crippen LogP contribution is 2.38. The van der Waals surface area contributed by atoms with Gasteiger partial charge in [0.2, 0.25) is 0 Å². The van der Waals surface area contributed by atoms with E-state index in [1.54, 1.807) is 18.2 Å². The lowest BCUT2D eigenvalue weighted by atomic mass is 9.93. The molecule has 27 heavy (non-hydrogen) atoms. The Morgan fingerprint density at radius 3 is 1.52 bits per heavy atom. The van der Waals surface area contributed by atoms with Gasteiger partial charge in [-0.2, -0.15) is 5.26 Å². The highest BCUT2D eigenvalue weighted by atomic mass is 19.2. The fourth-order valence-corrected chi connectivity index (χ4v) is 2.81. The van der Waals surface area contributed by atoms with Crippen LogP contribution in [0.1, 0.15) is 5.56 Å². The molecule has 6 heteroatoms. The standard InChI is InChI=1S/C21H14F3NO2/c1-26-14-7-3-12(4-8-14)17-16(11-25)19(22)21(24)18(20(17)23)13-5-9-15(27-2)10-6-13/h3-10H,1-2H3. The quantitative estimate of drug-likeness (QED) is 0.584. The molecule has 0 aromatic heterocycles. The third-order valence-electron chi connectivity index (χ3n) is 4.19. The van der Waals surface area contributed by atoms with Gasteiger partial charge >= 0.3 is 0 Å². The predicted molar refractivity (Wildman–Crippen MR) is 95.0 cm³/mol. The molecule has 3 aromatic carbocycles. The molecule has 0 saturated heterocycles. The van der Waals surface area contributed by atoms with E-state index in [1.807, 2.05) is 0 Å². The van der Waals surface area contributed by atoms with E-state index < -0.39 is 28.6 Å². The largest absolute Gasteiger partial charge is 0.497 e. The lowest BCUT2D eigenvalue weighted by Crippen LogP contribution is -2.03. The van der Waals surface area contributed by atoms with Crippen LogP contribution in [-0.2, 0) is 0 Å². The molecular formula is C21H14F3NO2. The van der Waals surface area contributed by atoms with E-state index in [9.17, 15) is 14.0 Å². The van der Waals surface area contributed by atoms with E-state index in [-0.39, 0.29) is 16.7 Å². The van der Waals surface area contributed by atoms with Crippen LogP contribution in [0.25, 0.3) is 22.3 Å². The van der Waals surface area contributed by atoms with E-state index in [0.29, 0.717) is 11.5 Å². The summed E-state index contributed by atoms with van der Waals surface area (Å²) in [6.07, 6.45) is 0. The molecule has 0 fully saturated rings. The van der Waals surface area contributed by atoms with Gasteiger partial charge in [0.15, 0.2) is 11.6 Å². The topological polar surface area (TPSA) is 42.2 Å². The zero-order chi connectivity index (χ0) is 19.6. The molecule has 3 rings (SSSR count). The van der Waals surface area contributed by atoms with Crippen LogP contribution < -0.4 is 9.47 Å². The van der Waals surface area contributed by atoms with Crippen molar-refractivity contribution in [2.45, 2.75) is 0 Å². The molecule has 0 heterocycles. The van der Waals surface area contributed by atoms with Crippen LogP contribution in [0.3, 0.4) is 0 Å². The Morgan fingerprint density at radius 2 is 1.11 bits per heavy atom. The number of rotatable bonds is 4. The maximum absolute atomic E-state index is 15.3. The Labute approximate surface area is 154 Å². The van der Waals surface area contributed by atoms with Crippen LogP contribution in [0, 0.1) is 28.8 Å². The van der Waals surface area contributed by atoms with Crippen LogP contribution in [0.4, 0.5) is 13.2 Å². The summed E-state index contributed by atoms with van der Waals surface area (Å²) in [5.74, 6) is -2.82. The summed E-state index contributed by atoms with van der Waals surface area (Å²) in [6, 6.07) is 13.5. The van der Waals surface area contributed by atoms with Gasteiger partial charge in [0, 0.05) is 5.56 Å². The first kappa shape index (κ1) is 18.3. The minimum absolute atomic E-state index is 0.129. The zero-order valence-corrected chi connectivity index (χ0v) is 14.5. The van der Waals surface area contributed by atoms with Crippen LogP contribution in [0.5, 0.6) is 11.5 Å². The highest BCUT2D eigenvalue weighted by molar-refractivity contribution is 5.79. The fraction of sp³-hybridized carbons (Fsp3) is 0.0952. The summed E-state index contributed by atoms with van der Waals surface area (Å²) >= 11 is 0. The number of ether oxygens (including phenoxy) is 2. The zero-order valence-electron chi connectivity index (χ0n) is 14.5. The first-order valence-electron chi connectivity index (χ1n) is 7.91. The van der Waals surface area contributed by atoms with E-state index >= 15 is 4.39 Å². The van der Waals surface area contributed by atoms with E-state index in [1.165, 1.54) is 50.6 Å². The maximum atomic E-state index is 15.3. The maximum Gasteiger partial charge on any atom is 0.178 e. The van der Waals surface area contributed by atoms with Crippen molar-refractivity contribution in [3.63, 3.8) is 0 Å². The number of hydrogen-bond donors (Lipinski definition) is 0. The Bertz CT molecular complexity index is 1020. The lowest BCUT2D eigenvalue weighted by Gasteiger charge is -2.14. The minimum Gasteiger partial charge on any atom is -0.497 e. The molecule has 3 aromatic rings. The predicted octanol–water partition coefficient (Wildman–Crippen LogP) is 5.33. The minimum atomic E-state index is -1.41. The third kappa shape index (κ3) is 3.20. The molecule has 0 radical (unpaired) electrons. The average Bonchev–Trinajstić information content (AvgIpc) is 2.71. The Morgan fingerprint density at radius 1 is 0.667 bits per heavy atom. The van der Waals surface area contributed by atoms with Gasteiger partial charge in [0.1, 0.15) is 28.9 Å². The second-order valence-electron chi connectivity index (χ2n) is 5.64. The van der Waals surface area contributed by atoms with Crippen molar-refractivity contribution in [2.75, 3.05) is 14.2 Å². The number of nitriles is 1. The molecule has 0 saturated carbocycles. The number of methoxy groups -OCH3 is 2. The first-order valence-corrected chi connectivity index (χ1v) is 7.91. The normalized spacial score (nSPS) is 10.4. The molecule has 3 nitrogen and oxygen atoms in total. The summed E-state index contributed by atoms with van der Waals surface area (Å²) in [7, 11) is 2.93. The van der Waals surface area contributed by atoms with Gasteiger partial charge in [-0.25, -0.2) is 13.2 Å². The second-order valence-corrected chi connectivity index (χ2v) is 5.64. The van der Waals surface area contributed by atoms with E-state index in [4.69, 9.17) is 9.47 Å². The number of nitrogens with zero attached hydrogens (tertiary/aromatic N) is 1. The van der Waals surface area contributed by atoms with Gasteiger partial charge in [-0.3, -0.25) is 0 Å². The lowest BCUT2D eigenvalue weighted by molar-refractivity contribution is 0.415. The van der Waals surface area contributed by atoms with Crippen molar-refractivity contribution >= 4 is 0 Å². The summed E-state index contributed by atoms with van der Waals surface area (Å²) in [5, 5.41) is 9.28. The molecular weight excluding hydrogens is 355 g/mol. The Balaban J connectivity index is 2.29. The molecule has 0 amide bonds. The van der Waals surface area contributed by atoms with E-state index in [0.717, 1.165) is 0 Å². The van der Waals surface area contributed by atoms with Gasteiger partial charge in [-0.1, -0.05) is 24.3 Å². The van der Waals surface area contributed by atoms with Crippen LogP contribution >= 0.6 is 0 Å². The van der Waals surface area contributed by atoms with Gasteiger partial charge in [0.05, 0.1) is 19.8 Å². The molecule has 0 aliphatic carbocycles. The second kappa shape index (κ2) is 7.42. The summed E-state index contributed by atoms with van der Waals surface area (Å²) in [5.41, 5.74) is -1.17. The summed E-state index contributed by atoms with van der Waals surface area (Å²) in [4.78, 5) is 0. The van der Waals surface area contributed by atoms with Gasteiger partial charge < -0.3 is 9.47 Å². The Kier molecular flexibility index (Phi) is 5.04. The molecule has 0 spiro atoms. The molecule has 0 unspecified atom stereocenters. The van der Waals surface area contributed by atoms with Crippen LogP contribution in [-0.4, -0.2) is 14.2 Å². The molecule has 0 atom stereocenters. The molecule has 0 aliphatic heterocycles. The van der Waals surface area contributed by atoms with Crippen molar-refractivity contribution in [3.05, 3.63) is 71.5 Å². The average molecular weight is 369 g/mol. The molecule has 136 valence electrons. The smallest absolute Gasteiger partial charge is 0.178 e. The number of halogens is 3.